The molecule has 0 aliphatic heterocycles. The van der Waals surface area contributed by atoms with Gasteiger partial charge in [-0.2, -0.15) is 0 Å². The molecule has 10 heavy (non-hydrogen) atoms. The standard InChI is InChI=1S/C7H15NO2/c1-7(2,6(8)10)4-3-5-9/h9H,3-5H2,1-2H3,(H2,8,10). The Morgan fingerprint density at radius 2 is 2.10 bits per heavy atom. The van der Waals surface area contributed by atoms with Gasteiger partial charge in [0, 0.05) is 12.0 Å². The van der Waals surface area contributed by atoms with Crippen molar-refractivity contribution in [2.45, 2.75) is 26.7 Å². The Morgan fingerprint density at radius 1 is 1.60 bits per heavy atom. The first kappa shape index (κ1) is 9.43. The van der Waals surface area contributed by atoms with Crippen molar-refractivity contribution in [3.63, 3.8) is 0 Å². The Morgan fingerprint density at radius 3 is 2.40 bits per heavy atom. The minimum absolute atomic E-state index is 0.122. The summed E-state index contributed by atoms with van der Waals surface area (Å²) in [6.45, 7) is 3.69. The molecule has 0 heterocycles. The number of aliphatic hydroxyl groups is 1. The van der Waals surface area contributed by atoms with Gasteiger partial charge in [0.15, 0.2) is 0 Å². The van der Waals surface area contributed by atoms with Crippen LogP contribution in [0.2, 0.25) is 0 Å². The number of aliphatic hydroxyl groups excluding tert-OH is 1. The lowest BCUT2D eigenvalue weighted by Crippen LogP contribution is -2.31. The van der Waals surface area contributed by atoms with Gasteiger partial charge in [-0.25, -0.2) is 0 Å². The largest absolute Gasteiger partial charge is 0.396 e. The number of carbonyl (C=O) groups is 1. The highest BCUT2D eigenvalue weighted by atomic mass is 16.3. The van der Waals surface area contributed by atoms with Crippen LogP contribution in [0.5, 0.6) is 0 Å². The van der Waals surface area contributed by atoms with Crippen molar-refractivity contribution in [2.75, 3.05) is 6.61 Å². The highest BCUT2D eigenvalue weighted by molar-refractivity contribution is 5.79. The fourth-order valence-corrected chi connectivity index (χ4v) is 0.644. The van der Waals surface area contributed by atoms with Crippen LogP contribution in [0, 0.1) is 5.41 Å². The third-order valence-corrected chi connectivity index (χ3v) is 1.63. The fraction of sp³-hybridized carbons (Fsp3) is 0.857. The minimum atomic E-state index is -0.470. The van der Waals surface area contributed by atoms with Crippen LogP contribution in [0.3, 0.4) is 0 Å². The molecule has 0 spiro atoms. The molecule has 0 aromatic rings. The van der Waals surface area contributed by atoms with E-state index < -0.39 is 5.41 Å². The summed E-state index contributed by atoms with van der Waals surface area (Å²) in [5.74, 6) is -0.305. The van der Waals surface area contributed by atoms with E-state index in [4.69, 9.17) is 10.8 Å². The second kappa shape index (κ2) is 3.56. The summed E-state index contributed by atoms with van der Waals surface area (Å²) in [6, 6.07) is 0. The molecule has 0 aliphatic rings. The molecule has 0 rings (SSSR count). The van der Waals surface area contributed by atoms with Crippen LogP contribution in [-0.4, -0.2) is 17.6 Å². The first-order valence-electron chi connectivity index (χ1n) is 3.41. The van der Waals surface area contributed by atoms with E-state index in [9.17, 15) is 4.79 Å². The Hall–Kier alpha value is -0.570. The van der Waals surface area contributed by atoms with Crippen LogP contribution >= 0.6 is 0 Å². The van der Waals surface area contributed by atoms with E-state index in [0.29, 0.717) is 12.8 Å². The Bertz CT molecular complexity index is 121. The second-order valence-electron chi connectivity index (χ2n) is 3.08. The monoisotopic (exact) mass is 145 g/mol. The summed E-state index contributed by atoms with van der Waals surface area (Å²) in [7, 11) is 0. The molecule has 3 nitrogen and oxygen atoms in total. The lowest BCUT2D eigenvalue weighted by Gasteiger charge is -2.18. The summed E-state index contributed by atoms with van der Waals surface area (Å²) in [5, 5.41) is 8.46. The third kappa shape index (κ3) is 2.82. The summed E-state index contributed by atoms with van der Waals surface area (Å²) < 4.78 is 0. The van der Waals surface area contributed by atoms with Crippen LogP contribution in [0.25, 0.3) is 0 Å². The Balaban J connectivity index is 3.75. The van der Waals surface area contributed by atoms with Crippen molar-refractivity contribution in [3.05, 3.63) is 0 Å². The maximum absolute atomic E-state index is 10.7. The van der Waals surface area contributed by atoms with Gasteiger partial charge >= 0.3 is 0 Å². The molecule has 0 aromatic heterocycles. The Kier molecular flexibility index (Phi) is 3.36. The van der Waals surface area contributed by atoms with Gasteiger partial charge < -0.3 is 10.8 Å². The smallest absolute Gasteiger partial charge is 0.223 e. The van der Waals surface area contributed by atoms with E-state index in [1.165, 1.54) is 0 Å². The molecule has 3 heteroatoms. The number of amides is 1. The normalized spacial score (nSPS) is 11.5. The second-order valence-corrected chi connectivity index (χ2v) is 3.08. The van der Waals surface area contributed by atoms with E-state index in [0.717, 1.165) is 0 Å². The number of primary amides is 1. The van der Waals surface area contributed by atoms with Gasteiger partial charge in [-0.15, -0.1) is 0 Å². The van der Waals surface area contributed by atoms with Crippen molar-refractivity contribution < 1.29 is 9.90 Å². The van der Waals surface area contributed by atoms with E-state index in [1.807, 2.05) is 0 Å². The zero-order chi connectivity index (χ0) is 8.20. The molecule has 0 radical (unpaired) electrons. The predicted molar refractivity (Wildman–Crippen MR) is 39.3 cm³/mol. The molecule has 0 fully saturated rings. The van der Waals surface area contributed by atoms with Gasteiger partial charge in [-0.05, 0) is 12.8 Å². The van der Waals surface area contributed by atoms with Crippen molar-refractivity contribution in [3.8, 4) is 0 Å². The SMILES string of the molecule is CC(C)(CCCO)C(N)=O. The zero-order valence-electron chi connectivity index (χ0n) is 6.55. The molecule has 0 aromatic carbocycles. The maximum Gasteiger partial charge on any atom is 0.223 e. The van der Waals surface area contributed by atoms with E-state index >= 15 is 0 Å². The minimum Gasteiger partial charge on any atom is -0.396 e. The summed E-state index contributed by atoms with van der Waals surface area (Å²) in [4.78, 5) is 10.7. The fourth-order valence-electron chi connectivity index (χ4n) is 0.644. The number of rotatable bonds is 4. The molecule has 0 bridgehead atoms. The van der Waals surface area contributed by atoms with Crippen molar-refractivity contribution in [1.29, 1.82) is 0 Å². The average molecular weight is 145 g/mol. The number of nitrogens with two attached hydrogens (primary N) is 1. The highest BCUT2D eigenvalue weighted by Gasteiger charge is 2.23. The molecule has 0 saturated heterocycles. The lowest BCUT2D eigenvalue weighted by molar-refractivity contribution is -0.126. The van der Waals surface area contributed by atoms with E-state index in [2.05, 4.69) is 0 Å². The molecule has 1 amide bonds. The molecular formula is C7H15NO2. The average Bonchev–Trinajstić information content (AvgIpc) is 1.84. The topological polar surface area (TPSA) is 63.3 Å². The van der Waals surface area contributed by atoms with Crippen molar-refractivity contribution >= 4 is 5.91 Å². The highest BCUT2D eigenvalue weighted by Crippen LogP contribution is 2.20. The van der Waals surface area contributed by atoms with Gasteiger partial charge in [0.05, 0.1) is 0 Å². The van der Waals surface area contributed by atoms with Crippen LogP contribution in [0.15, 0.2) is 0 Å². The quantitative estimate of drug-likeness (QED) is 0.596. The van der Waals surface area contributed by atoms with Gasteiger partial charge in [0.25, 0.3) is 0 Å². The summed E-state index contributed by atoms with van der Waals surface area (Å²) >= 11 is 0. The predicted octanol–water partition coefficient (Wildman–Crippen LogP) is 0.270. The zero-order valence-corrected chi connectivity index (χ0v) is 6.55. The number of carbonyl (C=O) groups excluding carboxylic acids is 1. The molecule has 0 saturated carbocycles. The van der Waals surface area contributed by atoms with Gasteiger partial charge in [-0.3, -0.25) is 4.79 Å². The summed E-state index contributed by atoms with van der Waals surface area (Å²) in [5.41, 5.74) is 4.62. The molecule has 0 atom stereocenters. The first-order chi connectivity index (χ1) is 4.50. The van der Waals surface area contributed by atoms with E-state index in [-0.39, 0.29) is 12.5 Å². The van der Waals surface area contributed by atoms with Gasteiger partial charge in [0.2, 0.25) is 5.91 Å². The summed E-state index contributed by atoms with van der Waals surface area (Å²) in [6.07, 6.45) is 1.29. The van der Waals surface area contributed by atoms with Crippen LogP contribution in [0.1, 0.15) is 26.7 Å². The third-order valence-electron chi connectivity index (χ3n) is 1.63. The number of hydrogen-bond donors (Lipinski definition) is 2. The molecule has 3 N–H and O–H groups in total. The van der Waals surface area contributed by atoms with Gasteiger partial charge in [-0.1, -0.05) is 13.8 Å². The molecule has 0 aliphatic carbocycles. The van der Waals surface area contributed by atoms with Gasteiger partial charge in [0.1, 0.15) is 0 Å². The van der Waals surface area contributed by atoms with Crippen LogP contribution in [0.4, 0.5) is 0 Å². The molecule has 60 valence electrons. The molecular weight excluding hydrogens is 130 g/mol. The first-order valence-corrected chi connectivity index (χ1v) is 3.41. The van der Waals surface area contributed by atoms with Crippen LogP contribution < -0.4 is 5.73 Å². The maximum atomic E-state index is 10.7. The van der Waals surface area contributed by atoms with Crippen LogP contribution in [-0.2, 0) is 4.79 Å². The van der Waals surface area contributed by atoms with Crippen molar-refractivity contribution in [2.24, 2.45) is 11.1 Å². The van der Waals surface area contributed by atoms with E-state index in [1.54, 1.807) is 13.8 Å². The lowest BCUT2D eigenvalue weighted by atomic mass is 9.87. The van der Waals surface area contributed by atoms with Crippen molar-refractivity contribution in [1.82, 2.24) is 0 Å². The molecule has 0 unspecified atom stereocenters. The number of hydrogen-bond acceptors (Lipinski definition) is 2. The Labute approximate surface area is 61.2 Å².